The summed E-state index contributed by atoms with van der Waals surface area (Å²) in [6.45, 7) is 7.87. The Morgan fingerprint density at radius 3 is 2.06 bits per heavy atom. The van der Waals surface area contributed by atoms with E-state index in [1.165, 1.54) is 32.1 Å². The second-order valence-corrected chi connectivity index (χ2v) is 6.48. The van der Waals surface area contributed by atoms with Crippen LogP contribution in [0, 0.1) is 11.3 Å². The predicted molar refractivity (Wildman–Crippen MR) is 68.2 cm³/mol. The van der Waals surface area contributed by atoms with Gasteiger partial charge in [0.05, 0.1) is 0 Å². The molecule has 0 aromatic rings. The summed E-state index contributed by atoms with van der Waals surface area (Å²) in [6.07, 6.45) is 7.12. The summed E-state index contributed by atoms with van der Waals surface area (Å²) < 4.78 is 0. The number of Topliss-reactive ketones (excluding diaryl/α,β-unsaturated/α-hetero) is 1. The predicted octanol–water partition coefficient (Wildman–Crippen LogP) is 3.29. The van der Waals surface area contributed by atoms with Crippen molar-refractivity contribution in [1.29, 1.82) is 0 Å². The summed E-state index contributed by atoms with van der Waals surface area (Å²) in [5, 5.41) is 0. The van der Waals surface area contributed by atoms with Crippen LogP contribution in [0.3, 0.4) is 0 Å². The maximum absolute atomic E-state index is 12.3. The van der Waals surface area contributed by atoms with Crippen molar-refractivity contribution in [3.63, 3.8) is 0 Å². The highest BCUT2D eigenvalue weighted by molar-refractivity contribution is 5.85. The summed E-state index contributed by atoms with van der Waals surface area (Å²) in [5.74, 6) is 0.953. The second kappa shape index (κ2) is 4.87. The van der Waals surface area contributed by atoms with Crippen LogP contribution in [0.5, 0.6) is 0 Å². The van der Waals surface area contributed by atoms with E-state index in [0.29, 0.717) is 11.7 Å². The molecule has 1 aliphatic carbocycles. The van der Waals surface area contributed by atoms with Crippen molar-refractivity contribution in [1.82, 2.24) is 0 Å². The molecule has 0 amide bonds. The molecule has 1 fully saturated rings. The quantitative estimate of drug-likeness (QED) is 0.797. The Morgan fingerprint density at radius 2 is 1.62 bits per heavy atom. The topological polar surface area (TPSA) is 43.1 Å². The van der Waals surface area contributed by atoms with Crippen molar-refractivity contribution in [2.24, 2.45) is 17.1 Å². The van der Waals surface area contributed by atoms with Crippen LogP contribution in [-0.2, 0) is 4.79 Å². The summed E-state index contributed by atoms with van der Waals surface area (Å²) in [5.41, 5.74) is 5.25. The van der Waals surface area contributed by atoms with Crippen LogP contribution in [0.4, 0.5) is 0 Å². The van der Waals surface area contributed by atoms with Crippen molar-refractivity contribution in [3.8, 4) is 0 Å². The van der Waals surface area contributed by atoms with Crippen LogP contribution in [0.1, 0.15) is 66.2 Å². The summed E-state index contributed by atoms with van der Waals surface area (Å²) in [7, 11) is 0. The molecule has 0 aliphatic heterocycles. The van der Waals surface area contributed by atoms with Gasteiger partial charge >= 0.3 is 0 Å². The zero-order valence-electron chi connectivity index (χ0n) is 11.3. The van der Waals surface area contributed by atoms with Gasteiger partial charge in [-0.25, -0.2) is 0 Å². The van der Waals surface area contributed by atoms with Gasteiger partial charge in [0.2, 0.25) is 0 Å². The molecule has 1 aliphatic rings. The number of rotatable bonds is 4. The molecule has 1 saturated carbocycles. The average Bonchev–Trinajstić information content (AvgIpc) is 2.17. The Balaban J connectivity index is 2.57. The van der Waals surface area contributed by atoms with E-state index in [1.54, 1.807) is 0 Å². The minimum absolute atomic E-state index is 0.340. The first-order valence-electron chi connectivity index (χ1n) is 6.57. The third-order valence-electron chi connectivity index (χ3n) is 4.51. The largest absolute Gasteiger partial charge is 0.325 e. The van der Waals surface area contributed by atoms with Crippen molar-refractivity contribution in [3.05, 3.63) is 0 Å². The number of hydrogen-bond acceptors (Lipinski definition) is 2. The van der Waals surface area contributed by atoms with E-state index in [1.807, 2.05) is 27.7 Å². The van der Waals surface area contributed by atoms with E-state index < -0.39 is 11.0 Å². The first-order chi connectivity index (χ1) is 7.25. The number of carbonyl (C=O) groups is 1. The highest BCUT2D eigenvalue weighted by Crippen LogP contribution is 2.34. The first kappa shape index (κ1) is 13.7. The van der Waals surface area contributed by atoms with E-state index >= 15 is 0 Å². The molecular formula is C14H27NO. The van der Waals surface area contributed by atoms with E-state index in [4.69, 9.17) is 5.73 Å². The highest BCUT2D eigenvalue weighted by Gasteiger charge is 2.40. The number of hydrogen-bond donors (Lipinski definition) is 1. The second-order valence-electron chi connectivity index (χ2n) is 6.48. The minimum atomic E-state index is -0.432. The Morgan fingerprint density at radius 1 is 1.12 bits per heavy atom. The van der Waals surface area contributed by atoms with Gasteiger partial charge in [0.15, 0.2) is 0 Å². The van der Waals surface area contributed by atoms with Gasteiger partial charge in [-0.15, -0.1) is 0 Å². The zero-order chi connectivity index (χ0) is 12.4. The van der Waals surface area contributed by atoms with Gasteiger partial charge in [0.1, 0.15) is 5.78 Å². The van der Waals surface area contributed by atoms with Crippen LogP contribution in [0.15, 0.2) is 0 Å². The van der Waals surface area contributed by atoms with Crippen LogP contribution in [0.25, 0.3) is 0 Å². The summed E-state index contributed by atoms with van der Waals surface area (Å²) in [6, 6.07) is 0. The van der Waals surface area contributed by atoms with E-state index in [2.05, 4.69) is 0 Å². The fourth-order valence-corrected chi connectivity index (χ4v) is 2.27. The van der Waals surface area contributed by atoms with Gasteiger partial charge in [0, 0.05) is 17.4 Å². The fourth-order valence-electron chi connectivity index (χ4n) is 2.27. The molecule has 0 bridgehead atoms. The van der Waals surface area contributed by atoms with Crippen molar-refractivity contribution >= 4 is 5.78 Å². The normalized spacial score (nSPS) is 19.8. The Labute approximate surface area is 100.0 Å². The maximum atomic E-state index is 12.3. The van der Waals surface area contributed by atoms with Gasteiger partial charge in [-0.05, 0) is 19.8 Å². The van der Waals surface area contributed by atoms with Gasteiger partial charge in [0.25, 0.3) is 0 Å². The third-order valence-corrected chi connectivity index (χ3v) is 4.51. The van der Waals surface area contributed by atoms with Gasteiger partial charge in [-0.3, -0.25) is 4.79 Å². The molecule has 94 valence electrons. The van der Waals surface area contributed by atoms with Crippen LogP contribution >= 0.6 is 0 Å². The number of nitrogens with two attached hydrogens (primary N) is 1. The molecule has 0 radical (unpaired) electrons. The molecular weight excluding hydrogens is 198 g/mol. The molecule has 0 unspecified atom stereocenters. The van der Waals surface area contributed by atoms with Crippen molar-refractivity contribution in [2.75, 3.05) is 0 Å². The fraction of sp³-hybridized carbons (Fsp3) is 0.929. The minimum Gasteiger partial charge on any atom is -0.325 e. The molecule has 0 atom stereocenters. The maximum Gasteiger partial charge on any atom is 0.140 e. The Kier molecular flexibility index (Phi) is 4.17. The smallest absolute Gasteiger partial charge is 0.140 e. The van der Waals surface area contributed by atoms with E-state index in [9.17, 15) is 4.79 Å². The number of carbonyl (C=O) groups excluding carboxylic acids is 1. The standard InChI is InChI=1S/C14H27NO/c1-13(2,14(3,4)15)12(16)10-11-8-6-5-7-9-11/h11H,5-10,15H2,1-4H3. The molecule has 2 nitrogen and oxygen atoms in total. The molecule has 0 aromatic heterocycles. The first-order valence-corrected chi connectivity index (χ1v) is 6.57. The van der Waals surface area contributed by atoms with Crippen molar-refractivity contribution < 1.29 is 4.79 Å². The lowest BCUT2D eigenvalue weighted by molar-refractivity contribution is -0.131. The molecule has 0 heterocycles. The van der Waals surface area contributed by atoms with E-state index in [-0.39, 0.29) is 0 Å². The van der Waals surface area contributed by atoms with Gasteiger partial charge < -0.3 is 5.73 Å². The Bertz CT molecular complexity index is 244. The van der Waals surface area contributed by atoms with Crippen molar-refractivity contribution in [2.45, 2.75) is 71.8 Å². The van der Waals surface area contributed by atoms with Crippen LogP contribution in [0.2, 0.25) is 0 Å². The molecule has 2 N–H and O–H groups in total. The molecule has 0 aromatic carbocycles. The van der Waals surface area contributed by atoms with E-state index in [0.717, 1.165) is 6.42 Å². The highest BCUT2D eigenvalue weighted by atomic mass is 16.1. The third kappa shape index (κ3) is 3.07. The SMILES string of the molecule is CC(C)(N)C(C)(C)C(=O)CC1CCCCC1. The molecule has 2 heteroatoms. The molecule has 0 saturated heterocycles. The average molecular weight is 225 g/mol. The molecule has 16 heavy (non-hydrogen) atoms. The summed E-state index contributed by atoms with van der Waals surface area (Å²) >= 11 is 0. The van der Waals surface area contributed by atoms with Crippen LogP contribution in [-0.4, -0.2) is 11.3 Å². The molecule has 1 rings (SSSR count). The zero-order valence-corrected chi connectivity index (χ0v) is 11.3. The van der Waals surface area contributed by atoms with Gasteiger partial charge in [-0.1, -0.05) is 46.0 Å². The monoisotopic (exact) mass is 225 g/mol. The van der Waals surface area contributed by atoms with Crippen LogP contribution < -0.4 is 5.73 Å². The number of ketones is 1. The summed E-state index contributed by atoms with van der Waals surface area (Å²) in [4.78, 5) is 12.3. The van der Waals surface area contributed by atoms with Gasteiger partial charge in [-0.2, -0.15) is 0 Å². The lowest BCUT2D eigenvalue weighted by atomic mass is 9.69. The lowest BCUT2D eigenvalue weighted by Gasteiger charge is -2.38. The Hall–Kier alpha value is -0.370. The molecule has 0 spiro atoms. The lowest BCUT2D eigenvalue weighted by Crippen LogP contribution is -2.52.